The molecule has 15 heavy (non-hydrogen) atoms. The van der Waals surface area contributed by atoms with Crippen molar-refractivity contribution in [1.82, 2.24) is 0 Å². The Labute approximate surface area is 90.6 Å². The van der Waals surface area contributed by atoms with Crippen LogP contribution in [-0.4, -0.2) is 16.3 Å². The summed E-state index contributed by atoms with van der Waals surface area (Å²) in [5, 5.41) is 20.4. The van der Waals surface area contributed by atoms with Crippen LogP contribution in [0.5, 0.6) is 0 Å². The molecule has 0 amide bonds. The largest absolute Gasteiger partial charge is 0.390 e. The van der Waals surface area contributed by atoms with Crippen molar-refractivity contribution in [1.29, 1.82) is 0 Å². The summed E-state index contributed by atoms with van der Waals surface area (Å²) < 4.78 is 0. The Morgan fingerprint density at radius 1 is 1.33 bits per heavy atom. The summed E-state index contributed by atoms with van der Waals surface area (Å²) in [6, 6.07) is 7.81. The minimum absolute atomic E-state index is 0.618. The van der Waals surface area contributed by atoms with Crippen molar-refractivity contribution in [2.75, 3.05) is 0 Å². The summed E-state index contributed by atoms with van der Waals surface area (Å²) in [7, 11) is 0. The predicted octanol–water partition coefficient (Wildman–Crippen LogP) is 2.12. The third-order valence-corrected chi connectivity index (χ3v) is 3.35. The van der Waals surface area contributed by atoms with Gasteiger partial charge in [0, 0.05) is 0 Å². The fourth-order valence-corrected chi connectivity index (χ4v) is 2.39. The maximum Gasteiger partial charge on any atom is 0.115 e. The van der Waals surface area contributed by atoms with E-state index in [0.717, 1.165) is 24.0 Å². The van der Waals surface area contributed by atoms with Crippen LogP contribution in [0.2, 0.25) is 0 Å². The molecule has 1 aromatic rings. The van der Waals surface area contributed by atoms with Crippen LogP contribution in [0.3, 0.4) is 0 Å². The molecule has 0 unspecified atom stereocenters. The van der Waals surface area contributed by atoms with Crippen molar-refractivity contribution in [2.24, 2.45) is 0 Å². The normalized spacial score (nSPS) is 31.5. The van der Waals surface area contributed by atoms with E-state index in [1.54, 1.807) is 0 Å². The van der Waals surface area contributed by atoms with Gasteiger partial charge in [0.2, 0.25) is 0 Å². The van der Waals surface area contributed by atoms with E-state index in [1.165, 1.54) is 0 Å². The van der Waals surface area contributed by atoms with E-state index in [4.69, 9.17) is 0 Å². The zero-order valence-electron chi connectivity index (χ0n) is 9.11. The first-order valence-corrected chi connectivity index (χ1v) is 5.60. The lowest BCUT2D eigenvalue weighted by Crippen LogP contribution is -2.42. The molecule has 0 aliphatic heterocycles. The van der Waals surface area contributed by atoms with Crippen LogP contribution < -0.4 is 0 Å². The van der Waals surface area contributed by atoms with Crippen molar-refractivity contribution in [3.63, 3.8) is 0 Å². The highest BCUT2D eigenvalue weighted by atomic mass is 16.3. The van der Waals surface area contributed by atoms with E-state index >= 15 is 0 Å². The lowest BCUT2D eigenvalue weighted by atomic mass is 9.77. The van der Waals surface area contributed by atoms with Crippen molar-refractivity contribution >= 4 is 0 Å². The van der Waals surface area contributed by atoms with Crippen LogP contribution in [0.1, 0.15) is 36.8 Å². The van der Waals surface area contributed by atoms with Gasteiger partial charge in [-0.25, -0.2) is 0 Å². The van der Waals surface area contributed by atoms with Gasteiger partial charge in [0.05, 0.1) is 6.10 Å². The van der Waals surface area contributed by atoms with Gasteiger partial charge in [-0.2, -0.15) is 0 Å². The van der Waals surface area contributed by atoms with E-state index in [1.807, 2.05) is 31.2 Å². The third kappa shape index (κ3) is 1.92. The summed E-state index contributed by atoms with van der Waals surface area (Å²) in [4.78, 5) is 0. The zero-order valence-corrected chi connectivity index (χ0v) is 9.11. The van der Waals surface area contributed by atoms with Gasteiger partial charge in [-0.3, -0.25) is 0 Å². The Kier molecular flexibility index (Phi) is 2.81. The van der Waals surface area contributed by atoms with E-state index in [9.17, 15) is 10.2 Å². The van der Waals surface area contributed by atoms with E-state index in [2.05, 4.69) is 0 Å². The monoisotopic (exact) mass is 206 g/mol. The molecule has 1 saturated carbocycles. The van der Waals surface area contributed by atoms with Crippen molar-refractivity contribution in [3.8, 4) is 0 Å². The van der Waals surface area contributed by atoms with Crippen molar-refractivity contribution in [2.45, 2.75) is 44.3 Å². The standard InChI is InChI=1S/C13H18O2/c1-10-5-4-6-11(9-10)13(15)8-3-2-7-12(13)14/h4-6,9,12,14-15H,2-3,7-8H2,1H3/t12-,13-/m1/s1. The van der Waals surface area contributed by atoms with Crippen LogP contribution in [-0.2, 0) is 5.60 Å². The number of aliphatic hydroxyl groups is 2. The first-order chi connectivity index (χ1) is 7.13. The molecule has 0 radical (unpaired) electrons. The maximum atomic E-state index is 10.5. The summed E-state index contributed by atoms with van der Waals surface area (Å²) in [6.07, 6.45) is 2.74. The molecule has 1 aliphatic rings. The molecule has 0 aromatic heterocycles. The Bertz CT molecular complexity index is 348. The maximum absolute atomic E-state index is 10.5. The molecule has 0 saturated heterocycles. The predicted molar refractivity (Wildman–Crippen MR) is 59.6 cm³/mol. The molecule has 2 rings (SSSR count). The van der Waals surface area contributed by atoms with Crippen molar-refractivity contribution in [3.05, 3.63) is 35.4 Å². The van der Waals surface area contributed by atoms with E-state index in [0.29, 0.717) is 12.8 Å². The number of rotatable bonds is 1. The lowest BCUT2D eigenvalue weighted by molar-refractivity contribution is -0.106. The molecule has 2 nitrogen and oxygen atoms in total. The molecular weight excluding hydrogens is 188 g/mol. The zero-order chi connectivity index (χ0) is 10.9. The molecule has 1 fully saturated rings. The Morgan fingerprint density at radius 3 is 2.80 bits per heavy atom. The first-order valence-electron chi connectivity index (χ1n) is 5.60. The molecule has 0 spiro atoms. The number of benzene rings is 1. The second kappa shape index (κ2) is 3.95. The number of aliphatic hydroxyl groups excluding tert-OH is 1. The number of hydrogen-bond donors (Lipinski definition) is 2. The van der Waals surface area contributed by atoms with Gasteiger partial charge in [-0.15, -0.1) is 0 Å². The van der Waals surface area contributed by atoms with Crippen LogP contribution in [0.25, 0.3) is 0 Å². The number of hydrogen-bond acceptors (Lipinski definition) is 2. The van der Waals surface area contributed by atoms with Crippen LogP contribution >= 0.6 is 0 Å². The van der Waals surface area contributed by atoms with Gasteiger partial charge in [-0.05, 0) is 25.3 Å². The molecule has 1 aromatic carbocycles. The summed E-state index contributed by atoms with van der Waals surface area (Å²) >= 11 is 0. The van der Waals surface area contributed by atoms with Crippen LogP contribution in [0, 0.1) is 6.92 Å². The molecular formula is C13H18O2. The quantitative estimate of drug-likeness (QED) is 0.739. The fourth-order valence-electron chi connectivity index (χ4n) is 2.39. The second-order valence-corrected chi connectivity index (χ2v) is 4.56. The highest BCUT2D eigenvalue weighted by molar-refractivity contribution is 5.29. The topological polar surface area (TPSA) is 40.5 Å². The van der Waals surface area contributed by atoms with Gasteiger partial charge < -0.3 is 10.2 Å². The molecule has 2 heteroatoms. The average Bonchev–Trinajstić information content (AvgIpc) is 2.23. The molecule has 82 valence electrons. The lowest BCUT2D eigenvalue weighted by Gasteiger charge is -2.37. The molecule has 0 heterocycles. The minimum Gasteiger partial charge on any atom is -0.390 e. The van der Waals surface area contributed by atoms with Gasteiger partial charge in [0.15, 0.2) is 0 Å². The summed E-state index contributed by atoms with van der Waals surface area (Å²) in [5.74, 6) is 0. The van der Waals surface area contributed by atoms with Crippen LogP contribution in [0.4, 0.5) is 0 Å². The number of aryl methyl sites for hydroxylation is 1. The SMILES string of the molecule is Cc1cccc([C@]2(O)CCCC[C@H]2O)c1. The Morgan fingerprint density at radius 2 is 2.13 bits per heavy atom. The van der Waals surface area contributed by atoms with Crippen molar-refractivity contribution < 1.29 is 10.2 Å². The van der Waals surface area contributed by atoms with Crippen LogP contribution in [0.15, 0.2) is 24.3 Å². The smallest absolute Gasteiger partial charge is 0.115 e. The minimum atomic E-state index is -1.02. The molecule has 1 aliphatic carbocycles. The van der Waals surface area contributed by atoms with E-state index in [-0.39, 0.29) is 0 Å². The molecule has 2 N–H and O–H groups in total. The summed E-state index contributed by atoms with van der Waals surface area (Å²) in [5.41, 5.74) is 0.956. The van der Waals surface area contributed by atoms with Gasteiger partial charge >= 0.3 is 0 Å². The van der Waals surface area contributed by atoms with E-state index < -0.39 is 11.7 Å². The Hall–Kier alpha value is -0.860. The molecule has 0 bridgehead atoms. The third-order valence-electron chi connectivity index (χ3n) is 3.35. The van der Waals surface area contributed by atoms with Gasteiger partial charge in [0.25, 0.3) is 0 Å². The second-order valence-electron chi connectivity index (χ2n) is 4.56. The van der Waals surface area contributed by atoms with Gasteiger partial charge in [-0.1, -0.05) is 42.7 Å². The fraction of sp³-hybridized carbons (Fsp3) is 0.538. The summed E-state index contributed by atoms with van der Waals surface area (Å²) in [6.45, 7) is 2.00. The first kappa shape index (κ1) is 10.7. The van der Waals surface area contributed by atoms with Gasteiger partial charge in [0.1, 0.15) is 5.60 Å². The molecule has 2 atom stereocenters. The average molecular weight is 206 g/mol. The highest BCUT2D eigenvalue weighted by Gasteiger charge is 2.39. The highest BCUT2D eigenvalue weighted by Crippen LogP contribution is 2.37. The Balaban J connectivity index is 2.34.